The van der Waals surface area contributed by atoms with E-state index in [2.05, 4.69) is 0 Å². The first-order valence-corrected chi connectivity index (χ1v) is 4.34. The van der Waals surface area contributed by atoms with Gasteiger partial charge in [0.1, 0.15) is 5.82 Å². The number of halogens is 4. The number of hydrogen-bond acceptors (Lipinski definition) is 1. The third kappa shape index (κ3) is 3.22. The highest BCUT2D eigenvalue weighted by Gasteiger charge is 2.44. The van der Waals surface area contributed by atoms with Gasteiger partial charge in [-0.25, -0.2) is 4.39 Å². The summed E-state index contributed by atoms with van der Waals surface area (Å²) in [6.07, 6.45) is -5.50. The molecule has 0 aliphatic rings. The van der Waals surface area contributed by atoms with Crippen LogP contribution in [-0.2, 0) is 11.2 Å². The Bertz CT molecular complexity index is 369. The van der Waals surface area contributed by atoms with Crippen LogP contribution in [0.25, 0.3) is 0 Å². The summed E-state index contributed by atoms with van der Waals surface area (Å²) in [5, 5.41) is 8.43. The number of carbonyl (C=O) groups is 1. The van der Waals surface area contributed by atoms with Gasteiger partial charge >= 0.3 is 12.1 Å². The molecule has 0 saturated heterocycles. The minimum absolute atomic E-state index is 0.131. The van der Waals surface area contributed by atoms with Crippen LogP contribution < -0.4 is 0 Å². The zero-order valence-electron chi connectivity index (χ0n) is 7.96. The van der Waals surface area contributed by atoms with E-state index in [1.807, 2.05) is 0 Å². The fourth-order valence-corrected chi connectivity index (χ4v) is 1.20. The summed E-state index contributed by atoms with van der Waals surface area (Å²) in [7, 11) is 0. The molecule has 1 N–H and O–H groups in total. The maximum Gasteiger partial charge on any atom is 0.402 e. The van der Waals surface area contributed by atoms with Crippen LogP contribution in [0.2, 0.25) is 0 Å². The highest BCUT2D eigenvalue weighted by Crippen LogP contribution is 2.29. The van der Waals surface area contributed by atoms with Crippen LogP contribution in [-0.4, -0.2) is 17.3 Å². The number of carboxylic acid groups (broad SMARTS) is 1. The molecule has 2 nitrogen and oxygen atoms in total. The van der Waals surface area contributed by atoms with Gasteiger partial charge < -0.3 is 5.11 Å². The van der Waals surface area contributed by atoms with Gasteiger partial charge in [0.15, 0.2) is 5.92 Å². The molecule has 0 spiro atoms. The number of rotatable bonds is 3. The Labute approximate surface area is 88.5 Å². The SMILES string of the molecule is O=C(O)C(Cc1ccc(F)cc1)C(F)(F)F. The molecule has 16 heavy (non-hydrogen) atoms. The lowest BCUT2D eigenvalue weighted by atomic mass is 9.99. The normalized spacial score (nSPS) is 13.5. The van der Waals surface area contributed by atoms with Crippen molar-refractivity contribution in [2.75, 3.05) is 0 Å². The molecule has 0 aliphatic heterocycles. The van der Waals surface area contributed by atoms with E-state index >= 15 is 0 Å². The maximum absolute atomic E-state index is 12.5. The quantitative estimate of drug-likeness (QED) is 0.819. The molecule has 1 aromatic rings. The third-order valence-corrected chi connectivity index (χ3v) is 2.05. The van der Waals surface area contributed by atoms with Crippen molar-refractivity contribution in [3.8, 4) is 0 Å². The summed E-state index contributed by atoms with van der Waals surface area (Å²) in [4.78, 5) is 10.4. The monoisotopic (exact) mass is 236 g/mol. The lowest BCUT2D eigenvalue weighted by Crippen LogP contribution is -2.32. The Hall–Kier alpha value is -1.59. The van der Waals surface area contributed by atoms with Crippen LogP contribution >= 0.6 is 0 Å². The lowest BCUT2D eigenvalue weighted by Gasteiger charge is -2.15. The summed E-state index contributed by atoms with van der Waals surface area (Å²) in [6.45, 7) is 0. The first-order chi connectivity index (χ1) is 7.30. The first-order valence-electron chi connectivity index (χ1n) is 4.34. The molecule has 1 atom stereocenters. The molecule has 88 valence electrons. The second-order valence-corrected chi connectivity index (χ2v) is 3.26. The van der Waals surface area contributed by atoms with Gasteiger partial charge in [0.2, 0.25) is 0 Å². The van der Waals surface area contributed by atoms with Crippen LogP contribution in [0.5, 0.6) is 0 Å². The lowest BCUT2D eigenvalue weighted by molar-refractivity contribution is -0.193. The van der Waals surface area contributed by atoms with Crippen molar-refractivity contribution >= 4 is 5.97 Å². The summed E-state index contributed by atoms with van der Waals surface area (Å²) < 4.78 is 49.3. The molecule has 6 heteroatoms. The minimum Gasteiger partial charge on any atom is -0.481 e. The predicted molar refractivity (Wildman–Crippen MR) is 47.3 cm³/mol. The smallest absolute Gasteiger partial charge is 0.402 e. The minimum atomic E-state index is -4.81. The molecule has 1 aromatic carbocycles. The van der Waals surface area contributed by atoms with E-state index in [0.717, 1.165) is 24.3 Å². The van der Waals surface area contributed by atoms with Gasteiger partial charge in [-0.15, -0.1) is 0 Å². The number of hydrogen-bond donors (Lipinski definition) is 1. The van der Waals surface area contributed by atoms with Gasteiger partial charge in [-0.1, -0.05) is 12.1 Å². The van der Waals surface area contributed by atoms with Crippen molar-refractivity contribution in [3.05, 3.63) is 35.6 Å². The van der Waals surface area contributed by atoms with E-state index < -0.39 is 30.3 Å². The van der Waals surface area contributed by atoms with Crippen molar-refractivity contribution < 1.29 is 27.5 Å². The van der Waals surface area contributed by atoms with E-state index in [-0.39, 0.29) is 5.56 Å². The molecule has 0 aliphatic carbocycles. The van der Waals surface area contributed by atoms with E-state index in [4.69, 9.17) is 5.11 Å². The maximum atomic E-state index is 12.5. The summed E-state index contributed by atoms with van der Waals surface area (Å²) in [5.74, 6) is -4.97. The van der Waals surface area contributed by atoms with Crippen molar-refractivity contribution in [2.24, 2.45) is 5.92 Å². The number of benzene rings is 1. The molecule has 0 saturated carbocycles. The molecule has 0 bridgehead atoms. The Balaban J connectivity index is 2.84. The number of alkyl halides is 3. The van der Waals surface area contributed by atoms with Crippen LogP contribution in [0, 0.1) is 11.7 Å². The molecule has 1 unspecified atom stereocenters. The molecule has 0 radical (unpaired) electrons. The van der Waals surface area contributed by atoms with Crippen LogP contribution in [0.1, 0.15) is 5.56 Å². The number of aliphatic carboxylic acids is 1. The fraction of sp³-hybridized carbons (Fsp3) is 0.300. The van der Waals surface area contributed by atoms with Crippen molar-refractivity contribution in [2.45, 2.75) is 12.6 Å². The molecule has 0 fully saturated rings. The van der Waals surface area contributed by atoms with Crippen molar-refractivity contribution in [1.82, 2.24) is 0 Å². The highest BCUT2D eigenvalue weighted by atomic mass is 19.4. The van der Waals surface area contributed by atoms with Crippen LogP contribution in [0.3, 0.4) is 0 Å². The molecular formula is C10H8F4O2. The molecule has 0 aromatic heterocycles. The van der Waals surface area contributed by atoms with Gasteiger partial charge in [-0.2, -0.15) is 13.2 Å². The zero-order chi connectivity index (χ0) is 12.3. The average molecular weight is 236 g/mol. The molecule has 0 heterocycles. The summed E-state index contributed by atoms with van der Waals surface area (Å²) in [5.41, 5.74) is 0.131. The van der Waals surface area contributed by atoms with Gasteiger partial charge in [-0.3, -0.25) is 4.79 Å². The van der Waals surface area contributed by atoms with Gasteiger partial charge in [0.25, 0.3) is 0 Å². The topological polar surface area (TPSA) is 37.3 Å². The van der Waals surface area contributed by atoms with Gasteiger partial charge in [-0.05, 0) is 24.1 Å². The third-order valence-electron chi connectivity index (χ3n) is 2.05. The zero-order valence-corrected chi connectivity index (χ0v) is 7.96. The average Bonchev–Trinajstić information content (AvgIpc) is 2.14. The van der Waals surface area contributed by atoms with E-state index in [1.165, 1.54) is 0 Å². The van der Waals surface area contributed by atoms with Gasteiger partial charge in [0, 0.05) is 0 Å². The fourth-order valence-electron chi connectivity index (χ4n) is 1.20. The van der Waals surface area contributed by atoms with Crippen LogP contribution in [0.15, 0.2) is 24.3 Å². The van der Waals surface area contributed by atoms with E-state index in [1.54, 1.807) is 0 Å². The Morgan fingerprint density at radius 1 is 1.25 bits per heavy atom. The first kappa shape index (κ1) is 12.5. The van der Waals surface area contributed by atoms with Crippen molar-refractivity contribution in [3.63, 3.8) is 0 Å². The van der Waals surface area contributed by atoms with E-state index in [0.29, 0.717) is 0 Å². The van der Waals surface area contributed by atoms with Crippen molar-refractivity contribution in [1.29, 1.82) is 0 Å². The Kier molecular flexibility index (Phi) is 3.51. The molecule has 1 rings (SSSR count). The summed E-state index contributed by atoms with van der Waals surface area (Å²) >= 11 is 0. The Morgan fingerprint density at radius 2 is 1.75 bits per heavy atom. The second kappa shape index (κ2) is 4.51. The van der Waals surface area contributed by atoms with Crippen LogP contribution in [0.4, 0.5) is 17.6 Å². The second-order valence-electron chi connectivity index (χ2n) is 3.26. The highest BCUT2D eigenvalue weighted by molar-refractivity contribution is 5.71. The van der Waals surface area contributed by atoms with E-state index in [9.17, 15) is 22.4 Å². The summed E-state index contributed by atoms with van der Waals surface area (Å²) in [6, 6.07) is 4.25. The molecular weight excluding hydrogens is 228 g/mol. The molecule has 0 amide bonds. The largest absolute Gasteiger partial charge is 0.481 e. The predicted octanol–water partition coefficient (Wildman–Crippen LogP) is 2.63. The standard InChI is InChI=1S/C10H8F4O2/c11-7-3-1-6(2-4-7)5-8(9(15)16)10(12,13)14/h1-4,8H,5H2,(H,15,16). The van der Waals surface area contributed by atoms with Gasteiger partial charge in [0.05, 0.1) is 0 Å². The Morgan fingerprint density at radius 3 is 2.12 bits per heavy atom. The number of carboxylic acids is 1.